The summed E-state index contributed by atoms with van der Waals surface area (Å²) in [7, 11) is 0. The molecule has 15 heavy (non-hydrogen) atoms. The minimum absolute atomic E-state index is 0.297. The molecule has 2 rings (SSSR count). The van der Waals surface area contributed by atoms with Gasteiger partial charge in [-0.1, -0.05) is 49.6 Å². The van der Waals surface area contributed by atoms with Gasteiger partial charge >= 0.3 is 0 Å². The van der Waals surface area contributed by atoms with Crippen molar-refractivity contribution in [3.63, 3.8) is 0 Å². The zero-order chi connectivity index (χ0) is 10.9. The molecule has 1 fully saturated rings. The Morgan fingerprint density at radius 2 is 2.07 bits per heavy atom. The predicted octanol–water partition coefficient (Wildman–Crippen LogP) is 3.74. The van der Waals surface area contributed by atoms with Gasteiger partial charge in [0.25, 0.3) is 0 Å². The molecule has 1 aliphatic carbocycles. The van der Waals surface area contributed by atoms with Gasteiger partial charge in [0.15, 0.2) is 0 Å². The number of halogens is 1. The fourth-order valence-electron chi connectivity index (χ4n) is 2.54. The number of hydrogen-bond acceptors (Lipinski definition) is 1. The molecule has 1 aliphatic rings. The molecule has 0 saturated heterocycles. The van der Waals surface area contributed by atoms with Crippen molar-refractivity contribution in [3.05, 3.63) is 34.9 Å². The Kier molecular flexibility index (Phi) is 3.03. The Hall–Kier alpha value is -0.530. The molecule has 0 amide bonds. The minimum atomic E-state index is -0.712. The van der Waals surface area contributed by atoms with E-state index in [1.165, 1.54) is 6.42 Å². The lowest BCUT2D eigenvalue weighted by molar-refractivity contribution is -0.0468. The van der Waals surface area contributed by atoms with E-state index in [1.54, 1.807) is 0 Å². The third kappa shape index (κ3) is 1.91. The molecular formula is C13H17ClO. The summed E-state index contributed by atoms with van der Waals surface area (Å²) < 4.78 is 0. The van der Waals surface area contributed by atoms with Gasteiger partial charge in [0, 0.05) is 10.6 Å². The number of rotatable bonds is 1. The van der Waals surface area contributed by atoms with Crippen LogP contribution in [0.2, 0.25) is 5.02 Å². The van der Waals surface area contributed by atoms with Crippen molar-refractivity contribution in [1.82, 2.24) is 0 Å². The van der Waals surface area contributed by atoms with E-state index in [2.05, 4.69) is 6.92 Å². The second-order valence-corrected chi connectivity index (χ2v) is 4.96. The Bertz CT molecular complexity index is 350. The van der Waals surface area contributed by atoms with Crippen molar-refractivity contribution in [3.8, 4) is 0 Å². The average molecular weight is 225 g/mol. The number of benzene rings is 1. The van der Waals surface area contributed by atoms with Crippen LogP contribution in [0.25, 0.3) is 0 Å². The zero-order valence-corrected chi connectivity index (χ0v) is 9.80. The summed E-state index contributed by atoms with van der Waals surface area (Å²) in [6.07, 6.45) is 4.22. The molecule has 0 aromatic heterocycles. The molecule has 2 heteroatoms. The van der Waals surface area contributed by atoms with Gasteiger partial charge in [0.1, 0.15) is 0 Å². The molecule has 2 atom stereocenters. The van der Waals surface area contributed by atoms with Crippen molar-refractivity contribution in [2.45, 2.75) is 38.2 Å². The summed E-state index contributed by atoms with van der Waals surface area (Å²) in [4.78, 5) is 0. The normalized spacial score (nSPS) is 31.5. The first kappa shape index (κ1) is 11.0. The second kappa shape index (κ2) is 4.15. The topological polar surface area (TPSA) is 20.2 Å². The summed E-state index contributed by atoms with van der Waals surface area (Å²) >= 11 is 6.15. The fourth-order valence-corrected chi connectivity index (χ4v) is 2.84. The van der Waals surface area contributed by atoms with E-state index in [9.17, 15) is 5.11 Å². The van der Waals surface area contributed by atoms with E-state index in [1.807, 2.05) is 24.3 Å². The van der Waals surface area contributed by atoms with E-state index < -0.39 is 5.60 Å². The van der Waals surface area contributed by atoms with Gasteiger partial charge in [-0.2, -0.15) is 0 Å². The molecule has 82 valence electrons. The van der Waals surface area contributed by atoms with Crippen molar-refractivity contribution in [1.29, 1.82) is 0 Å². The van der Waals surface area contributed by atoms with Gasteiger partial charge in [-0.15, -0.1) is 0 Å². The van der Waals surface area contributed by atoms with Crippen LogP contribution in [0.1, 0.15) is 38.2 Å². The van der Waals surface area contributed by atoms with Crippen LogP contribution in [0.4, 0.5) is 0 Å². The maximum Gasteiger partial charge on any atom is 0.0936 e. The van der Waals surface area contributed by atoms with E-state index in [0.29, 0.717) is 10.9 Å². The summed E-state index contributed by atoms with van der Waals surface area (Å²) in [5.74, 6) is 0.297. The van der Waals surface area contributed by atoms with Crippen LogP contribution >= 0.6 is 11.6 Å². The van der Waals surface area contributed by atoms with E-state index >= 15 is 0 Å². The highest BCUT2D eigenvalue weighted by Gasteiger charge is 2.38. The smallest absolute Gasteiger partial charge is 0.0936 e. The molecule has 1 N–H and O–H groups in total. The van der Waals surface area contributed by atoms with Crippen LogP contribution in [-0.2, 0) is 5.60 Å². The maximum atomic E-state index is 10.7. The van der Waals surface area contributed by atoms with E-state index in [-0.39, 0.29) is 0 Å². The van der Waals surface area contributed by atoms with Crippen molar-refractivity contribution >= 4 is 11.6 Å². The lowest BCUT2D eigenvalue weighted by atomic mass is 9.72. The molecule has 0 heterocycles. The summed E-state index contributed by atoms with van der Waals surface area (Å²) in [6, 6.07) is 7.66. The van der Waals surface area contributed by atoms with Gasteiger partial charge in [-0.25, -0.2) is 0 Å². The largest absolute Gasteiger partial charge is 0.385 e. The van der Waals surface area contributed by atoms with Crippen molar-refractivity contribution < 1.29 is 5.11 Å². The summed E-state index contributed by atoms with van der Waals surface area (Å²) in [6.45, 7) is 2.11. The van der Waals surface area contributed by atoms with Crippen LogP contribution in [0.15, 0.2) is 24.3 Å². The highest BCUT2D eigenvalue weighted by molar-refractivity contribution is 6.31. The molecule has 1 aromatic carbocycles. The molecule has 1 aromatic rings. The third-order valence-electron chi connectivity index (χ3n) is 3.60. The monoisotopic (exact) mass is 224 g/mol. The Balaban J connectivity index is 2.39. The highest BCUT2D eigenvalue weighted by atomic mass is 35.5. The van der Waals surface area contributed by atoms with Crippen molar-refractivity contribution in [2.75, 3.05) is 0 Å². The first-order valence-electron chi connectivity index (χ1n) is 5.62. The van der Waals surface area contributed by atoms with Gasteiger partial charge in [0.05, 0.1) is 5.60 Å². The molecule has 0 bridgehead atoms. The zero-order valence-electron chi connectivity index (χ0n) is 9.04. The van der Waals surface area contributed by atoms with E-state index in [4.69, 9.17) is 11.6 Å². The maximum absolute atomic E-state index is 10.7. The van der Waals surface area contributed by atoms with Crippen LogP contribution < -0.4 is 0 Å². The lowest BCUT2D eigenvalue weighted by Crippen LogP contribution is -2.36. The molecule has 2 unspecified atom stereocenters. The fraction of sp³-hybridized carbons (Fsp3) is 0.538. The summed E-state index contributed by atoms with van der Waals surface area (Å²) in [5.41, 5.74) is 0.190. The Morgan fingerprint density at radius 3 is 2.73 bits per heavy atom. The molecular weight excluding hydrogens is 208 g/mol. The second-order valence-electron chi connectivity index (χ2n) is 4.55. The minimum Gasteiger partial charge on any atom is -0.385 e. The lowest BCUT2D eigenvalue weighted by Gasteiger charge is -2.39. The van der Waals surface area contributed by atoms with Gasteiger partial charge in [-0.3, -0.25) is 0 Å². The first-order valence-corrected chi connectivity index (χ1v) is 6.00. The Morgan fingerprint density at radius 1 is 1.33 bits per heavy atom. The van der Waals surface area contributed by atoms with Crippen LogP contribution in [-0.4, -0.2) is 5.11 Å². The van der Waals surface area contributed by atoms with Gasteiger partial charge < -0.3 is 5.11 Å². The Labute approximate surface area is 96.1 Å². The standard InChI is InChI=1S/C13H17ClO/c1-10-6-4-5-9-13(10,15)11-7-2-3-8-12(11)14/h2-3,7-8,10,15H,4-6,9H2,1H3. The quantitative estimate of drug-likeness (QED) is 0.771. The molecule has 1 saturated carbocycles. The van der Waals surface area contributed by atoms with Crippen LogP contribution in [0.5, 0.6) is 0 Å². The van der Waals surface area contributed by atoms with Crippen LogP contribution in [0, 0.1) is 5.92 Å². The molecule has 0 aliphatic heterocycles. The third-order valence-corrected chi connectivity index (χ3v) is 3.93. The number of hydrogen-bond donors (Lipinski definition) is 1. The summed E-state index contributed by atoms with van der Waals surface area (Å²) in [5, 5.41) is 11.4. The van der Waals surface area contributed by atoms with Gasteiger partial charge in [0.2, 0.25) is 0 Å². The first-order chi connectivity index (χ1) is 7.14. The SMILES string of the molecule is CC1CCCCC1(O)c1ccccc1Cl. The molecule has 0 radical (unpaired) electrons. The van der Waals surface area contributed by atoms with Crippen molar-refractivity contribution in [2.24, 2.45) is 5.92 Å². The van der Waals surface area contributed by atoms with Crippen LogP contribution in [0.3, 0.4) is 0 Å². The van der Waals surface area contributed by atoms with E-state index in [0.717, 1.165) is 24.8 Å². The number of aliphatic hydroxyl groups is 1. The average Bonchev–Trinajstić information content (AvgIpc) is 2.23. The van der Waals surface area contributed by atoms with Gasteiger partial charge in [-0.05, 0) is 24.8 Å². The highest BCUT2D eigenvalue weighted by Crippen LogP contribution is 2.43. The molecule has 0 spiro atoms. The molecule has 1 nitrogen and oxygen atoms in total. The predicted molar refractivity (Wildman–Crippen MR) is 63.0 cm³/mol.